The van der Waals surface area contributed by atoms with Gasteiger partial charge in [-0.05, 0) is 50.8 Å². The molecule has 124 valence electrons. The van der Waals surface area contributed by atoms with Crippen LogP contribution in [0.25, 0.3) is 0 Å². The first-order valence-corrected chi connectivity index (χ1v) is 9.39. The molecule has 2 aromatic carbocycles. The fourth-order valence-corrected chi connectivity index (χ4v) is 4.78. The molecule has 0 radical (unpaired) electrons. The molecule has 3 nitrogen and oxygen atoms in total. The van der Waals surface area contributed by atoms with Gasteiger partial charge in [-0.15, -0.1) is 0 Å². The molecular formula is C19H25NO2S. The van der Waals surface area contributed by atoms with E-state index < -0.39 is 10.0 Å². The summed E-state index contributed by atoms with van der Waals surface area (Å²) < 4.78 is 28.6. The van der Waals surface area contributed by atoms with Crippen LogP contribution in [0.2, 0.25) is 0 Å². The topological polar surface area (TPSA) is 46.2 Å². The normalized spacial score (nSPS) is 13.1. The fourth-order valence-electron chi connectivity index (χ4n) is 3.02. The lowest BCUT2D eigenvalue weighted by Gasteiger charge is -2.20. The van der Waals surface area contributed by atoms with Gasteiger partial charge in [-0.3, -0.25) is 0 Å². The highest BCUT2D eigenvalue weighted by atomic mass is 32.2. The van der Waals surface area contributed by atoms with Crippen LogP contribution in [0, 0.1) is 27.7 Å². The Labute approximate surface area is 139 Å². The summed E-state index contributed by atoms with van der Waals surface area (Å²) in [7, 11) is -3.56. The molecule has 0 amide bonds. The number of benzene rings is 2. The number of aryl methyl sites for hydroxylation is 4. The van der Waals surface area contributed by atoms with E-state index in [1.807, 2.05) is 71.0 Å². The number of hydrogen-bond acceptors (Lipinski definition) is 2. The Balaban J connectivity index is 2.38. The summed E-state index contributed by atoms with van der Waals surface area (Å²) >= 11 is 0. The second kappa shape index (κ2) is 6.85. The van der Waals surface area contributed by atoms with E-state index in [9.17, 15) is 8.42 Å². The van der Waals surface area contributed by atoms with Gasteiger partial charge in [-0.2, -0.15) is 0 Å². The van der Waals surface area contributed by atoms with Crippen molar-refractivity contribution in [3.05, 3.63) is 64.2 Å². The molecule has 0 spiro atoms. The predicted octanol–water partition coefficient (Wildman–Crippen LogP) is 4.35. The second-order valence-electron chi connectivity index (χ2n) is 6.22. The molecule has 0 bridgehead atoms. The summed E-state index contributed by atoms with van der Waals surface area (Å²) in [6.45, 7) is 9.68. The smallest absolute Gasteiger partial charge is 0.207 e. The first kappa shape index (κ1) is 17.7. The van der Waals surface area contributed by atoms with Gasteiger partial charge in [0.15, 0.2) is 0 Å². The minimum atomic E-state index is -3.56. The number of sulfonamides is 1. The van der Waals surface area contributed by atoms with E-state index in [0.29, 0.717) is 11.3 Å². The van der Waals surface area contributed by atoms with E-state index in [0.717, 1.165) is 27.8 Å². The van der Waals surface area contributed by atoms with Gasteiger partial charge in [0.1, 0.15) is 0 Å². The quantitative estimate of drug-likeness (QED) is 0.885. The largest absolute Gasteiger partial charge is 0.241 e. The number of rotatable bonds is 5. The third-order valence-corrected chi connectivity index (χ3v) is 5.84. The Morgan fingerprint density at radius 2 is 1.43 bits per heavy atom. The van der Waals surface area contributed by atoms with Crippen LogP contribution in [0.15, 0.2) is 41.3 Å². The predicted molar refractivity (Wildman–Crippen MR) is 95.2 cm³/mol. The standard InChI is InChI=1S/C19H25NO2S/c1-6-18(17-9-7-13(2)8-10-17)20-23(21,22)19-15(4)11-14(3)12-16(19)5/h7-12,18,20H,6H2,1-5H3/t18-/m1/s1. The van der Waals surface area contributed by atoms with Crippen molar-refractivity contribution >= 4 is 10.0 Å². The third kappa shape index (κ3) is 4.01. The van der Waals surface area contributed by atoms with E-state index >= 15 is 0 Å². The van der Waals surface area contributed by atoms with Gasteiger partial charge >= 0.3 is 0 Å². The van der Waals surface area contributed by atoms with Crippen molar-refractivity contribution in [1.82, 2.24) is 4.72 Å². The maximum Gasteiger partial charge on any atom is 0.241 e. The minimum absolute atomic E-state index is 0.222. The molecule has 0 fully saturated rings. The summed E-state index contributed by atoms with van der Waals surface area (Å²) in [5.41, 5.74) is 4.80. The molecule has 0 aromatic heterocycles. The number of hydrogen-bond donors (Lipinski definition) is 1. The monoisotopic (exact) mass is 331 g/mol. The summed E-state index contributed by atoms with van der Waals surface area (Å²) in [5, 5.41) is 0. The van der Waals surface area contributed by atoms with Crippen molar-refractivity contribution in [2.45, 2.75) is 52.0 Å². The Morgan fingerprint density at radius 1 is 0.913 bits per heavy atom. The lowest BCUT2D eigenvalue weighted by atomic mass is 10.0. The van der Waals surface area contributed by atoms with Gasteiger partial charge in [0.25, 0.3) is 0 Å². The van der Waals surface area contributed by atoms with E-state index in [4.69, 9.17) is 0 Å². The van der Waals surface area contributed by atoms with Crippen LogP contribution < -0.4 is 4.72 Å². The Bertz CT molecular complexity index is 770. The van der Waals surface area contributed by atoms with Crippen molar-refractivity contribution in [2.75, 3.05) is 0 Å². The van der Waals surface area contributed by atoms with Gasteiger partial charge in [0.2, 0.25) is 10.0 Å². The summed E-state index contributed by atoms with van der Waals surface area (Å²) in [4.78, 5) is 0.397. The maximum absolute atomic E-state index is 12.9. The highest BCUT2D eigenvalue weighted by molar-refractivity contribution is 7.89. The molecular weight excluding hydrogens is 306 g/mol. The van der Waals surface area contributed by atoms with Crippen molar-refractivity contribution in [2.24, 2.45) is 0 Å². The van der Waals surface area contributed by atoms with E-state index in [-0.39, 0.29) is 6.04 Å². The molecule has 1 atom stereocenters. The summed E-state index contributed by atoms with van der Waals surface area (Å²) in [6.07, 6.45) is 0.701. The third-order valence-electron chi connectivity index (χ3n) is 4.06. The van der Waals surface area contributed by atoms with Crippen LogP contribution in [0.1, 0.15) is 47.2 Å². The molecule has 0 aliphatic carbocycles. The van der Waals surface area contributed by atoms with Crippen molar-refractivity contribution in [3.8, 4) is 0 Å². The zero-order valence-electron chi connectivity index (χ0n) is 14.5. The first-order chi connectivity index (χ1) is 10.7. The maximum atomic E-state index is 12.9. The molecule has 2 rings (SSSR count). The van der Waals surface area contributed by atoms with Crippen molar-refractivity contribution in [1.29, 1.82) is 0 Å². The average Bonchev–Trinajstić information content (AvgIpc) is 2.44. The van der Waals surface area contributed by atoms with Crippen LogP contribution in [-0.2, 0) is 10.0 Å². The van der Waals surface area contributed by atoms with Crippen LogP contribution in [0.4, 0.5) is 0 Å². The molecule has 0 aliphatic heterocycles. The molecule has 0 unspecified atom stereocenters. The molecule has 0 saturated heterocycles. The van der Waals surface area contributed by atoms with Gasteiger partial charge in [0.05, 0.1) is 4.90 Å². The van der Waals surface area contributed by atoms with Crippen LogP contribution in [-0.4, -0.2) is 8.42 Å². The second-order valence-corrected chi connectivity index (χ2v) is 7.87. The number of nitrogens with one attached hydrogen (secondary N) is 1. The van der Waals surface area contributed by atoms with Gasteiger partial charge in [-0.1, -0.05) is 54.4 Å². The molecule has 0 saturated carbocycles. The van der Waals surface area contributed by atoms with Gasteiger partial charge in [-0.25, -0.2) is 13.1 Å². The van der Waals surface area contributed by atoms with E-state index in [1.54, 1.807) is 0 Å². The first-order valence-electron chi connectivity index (χ1n) is 7.91. The van der Waals surface area contributed by atoms with E-state index in [2.05, 4.69) is 4.72 Å². The summed E-state index contributed by atoms with van der Waals surface area (Å²) in [5.74, 6) is 0. The average molecular weight is 331 g/mol. The molecule has 0 heterocycles. The van der Waals surface area contributed by atoms with Gasteiger partial charge < -0.3 is 0 Å². The molecule has 2 aromatic rings. The van der Waals surface area contributed by atoms with Crippen molar-refractivity contribution < 1.29 is 8.42 Å². The Morgan fingerprint density at radius 3 is 1.91 bits per heavy atom. The summed E-state index contributed by atoms with van der Waals surface area (Å²) in [6, 6.07) is 11.6. The highest BCUT2D eigenvalue weighted by Crippen LogP contribution is 2.25. The van der Waals surface area contributed by atoms with E-state index in [1.165, 1.54) is 0 Å². The van der Waals surface area contributed by atoms with Gasteiger partial charge in [0, 0.05) is 6.04 Å². The lowest BCUT2D eigenvalue weighted by molar-refractivity contribution is 0.549. The minimum Gasteiger partial charge on any atom is -0.207 e. The fraction of sp³-hybridized carbons (Fsp3) is 0.368. The zero-order chi connectivity index (χ0) is 17.2. The Hall–Kier alpha value is -1.65. The Kier molecular flexibility index (Phi) is 5.27. The van der Waals surface area contributed by atoms with Crippen molar-refractivity contribution in [3.63, 3.8) is 0 Å². The molecule has 23 heavy (non-hydrogen) atoms. The van der Waals surface area contributed by atoms with Crippen LogP contribution in [0.5, 0.6) is 0 Å². The molecule has 4 heteroatoms. The molecule has 1 N–H and O–H groups in total. The SMILES string of the molecule is CC[C@@H](NS(=O)(=O)c1c(C)cc(C)cc1C)c1ccc(C)cc1. The highest BCUT2D eigenvalue weighted by Gasteiger charge is 2.23. The van der Waals surface area contributed by atoms with Crippen LogP contribution in [0.3, 0.4) is 0 Å². The van der Waals surface area contributed by atoms with Crippen LogP contribution >= 0.6 is 0 Å². The zero-order valence-corrected chi connectivity index (χ0v) is 15.3. The lowest BCUT2D eigenvalue weighted by Crippen LogP contribution is -2.29. The molecule has 0 aliphatic rings.